The van der Waals surface area contributed by atoms with E-state index in [0.29, 0.717) is 12.8 Å². The fraction of sp³-hybridized carbons (Fsp3) is 0.579. The van der Waals surface area contributed by atoms with Crippen molar-refractivity contribution < 1.29 is 28.2 Å². The van der Waals surface area contributed by atoms with Crippen molar-refractivity contribution in [3.05, 3.63) is 29.0 Å². The predicted molar refractivity (Wildman–Crippen MR) is 99.9 cm³/mol. The number of fused-ring (bicyclic) bond motifs is 2. The number of carbonyl (C=O) groups excluding carboxylic acids is 2. The first kappa shape index (κ1) is 20.7. The van der Waals surface area contributed by atoms with E-state index in [1.54, 1.807) is 20.8 Å². The molecule has 4 atom stereocenters. The second kappa shape index (κ2) is 8.13. The topological polar surface area (TPSA) is 85.9 Å². The highest BCUT2D eigenvalue weighted by molar-refractivity contribution is 6.30. The van der Waals surface area contributed by atoms with Gasteiger partial charge >= 0.3 is 6.09 Å². The molecule has 1 aromatic carbocycles. The molecule has 2 aliphatic rings. The summed E-state index contributed by atoms with van der Waals surface area (Å²) < 4.78 is 29.8. The van der Waals surface area contributed by atoms with Crippen LogP contribution in [0.15, 0.2) is 18.2 Å². The Hall–Kier alpha value is -2.06. The Morgan fingerprint density at radius 3 is 2.43 bits per heavy atom. The van der Waals surface area contributed by atoms with Gasteiger partial charge in [-0.25, -0.2) is 9.18 Å². The molecule has 3 rings (SSSR count). The average molecular weight is 415 g/mol. The molecule has 0 aliphatic carbocycles. The zero-order valence-corrected chi connectivity index (χ0v) is 16.7. The fourth-order valence-electron chi connectivity index (χ4n) is 3.38. The van der Waals surface area contributed by atoms with Crippen molar-refractivity contribution in [2.45, 2.75) is 63.5 Å². The van der Waals surface area contributed by atoms with E-state index in [0.717, 1.165) is 6.07 Å². The molecule has 0 spiro atoms. The van der Waals surface area contributed by atoms with Crippen molar-refractivity contribution in [2.75, 3.05) is 6.61 Å². The molecule has 2 fully saturated rings. The number of ether oxygens (including phenoxy) is 3. The molecule has 2 amide bonds. The average Bonchev–Trinajstić information content (AvgIpc) is 3.14. The van der Waals surface area contributed by atoms with Gasteiger partial charge in [0.1, 0.15) is 17.2 Å². The standard InChI is InChI=1S/C19H24ClFN2O5/c1-19(2,3)28-18(25)23-14-8-15-13(7-16(14)27-15)22-17(24)9-26-10-4-5-11(20)12(21)6-10/h4-6,13-16H,7-9H2,1-3H3,(H,22,24)(H,23,25)/t13-,14-,15+,16+/m1/s1. The Morgan fingerprint density at radius 1 is 1.21 bits per heavy atom. The minimum Gasteiger partial charge on any atom is -0.484 e. The lowest BCUT2D eigenvalue weighted by Crippen LogP contribution is -2.50. The van der Waals surface area contributed by atoms with Gasteiger partial charge in [0.25, 0.3) is 5.91 Å². The van der Waals surface area contributed by atoms with E-state index in [2.05, 4.69) is 10.6 Å². The van der Waals surface area contributed by atoms with Gasteiger partial charge in [0.2, 0.25) is 0 Å². The molecule has 9 heteroatoms. The number of carbonyl (C=O) groups is 2. The molecule has 154 valence electrons. The summed E-state index contributed by atoms with van der Waals surface area (Å²) >= 11 is 5.61. The van der Waals surface area contributed by atoms with Crippen molar-refractivity contribution >= 4 is 23.6 Å². The lowest BCUT2D eigenvalue weighted by molar-refractivity contribution is -0.124. The summed E-state index contributed by atoms with van der Waals surface area (Å²) in [6.45, 7) is 5.16. The molecule has 1 aromatic rings. The molecule has 28 heavy (non-hydrogen) atoms. The fourth-order valence-corrected chi connectivity index (χ4v) is 3.50. The summed E-state index contributed by atoms with van der Waals surface area (Å²) in [6, 6.07) is 3.70. The van der Waals surface area contributed by atoms with Crippen LogP contribution in [0.1, 0.15) is 33.6 Å². The molecule has 2 saturated heterocycles. The van der Waals surface area contributed by atoms with Crippen molar-refractivity contribution in [1.82, 2.24) is 10.6 Å². The first-order chi connectivity index (χ1) is 13.1. The number of hydrogen-bond donors (Lipinski definition) is 2. The monoisotopic (exact) mass is 414 g/mol. The molecule has 2 aliphatic heterocycles. The molecule has 0 radical (unpaired) electrons. The smallest absolute Gasteiger partial charge is 0.407 e. The molecule has 7 nitrogen and oxygen atoms in total. The van der Waals surface area contributed by atoms with Crippen LogP contribution in [-0.4, -0.2) is 48.5 Å². The van der Waals surface area contributed by atoms with E-state index in [1.807, 2.05) is 0 Å². The van der Waals surface area contributed by atoms with E-state index in [-0.39, 0.29) is 47.6 Å². The number of nitrogens with one attached hydrogen (secondary N) is 2. The zero-order chi connectivity index (χ0) is 20.5. The SMILES string of the molecule is CC(C)(C)OC(=O)N[C@@H]1C[C@@H]2O[C@H]1C[C@H]2NC(=O)COc1ccc(Cl)c(F)c1. The summed E-state index contributed by atoms with van der Waals surface area (Å²) in [5, 5.41) is 5.68. The quantitative estimate of drug-likeness (QED) is 0.773. The Balaban J connectivity index is 1.42. The van der Waals surface area contributed by atoms with E-state index in [4.69, 9.17) is 25.8 Å². The van der Waals surface area contributed by atoms with Crippen molar-refractivity contribution in [3.8, 4) is 5.75 Å². The highest BCUT2D eigenvalue weighted by Gasteiger charge is 2.48. The van der Waals surface area contributed by atoms with E-state index in [9.17, 15) is 14.0 Å². The van der Waals surface area contributed by atoms with E-state index < -0.39 is 17.5 Å². The third kappa shape index (κ3) is 5.26. The van der Waals surface area contributed by atoms with Crippen LogP contribution < -0.4 is 15.4 Å². The second-order valence-corrected chi connectivity index (χ2v) is 8.38. The number of benzene rings is 1. The summed E-state index contributed by atoms with van der Waals surface area (Å²) in [4.78, 5) is 24.0. The van der Waals surface area contributed by atoms with Crippen LogP contribution in [0.5, 0.6) is 5.75 Å². The van der Waals surface area contributed by atoms with Crippen LogP contribution in [0.4, 0.5) is 9.18 Å². The van der Waals surface area contributed by atoms with Crippen LogP contribution in [0.3, 0.4) is 0 Å². The van der Waals surface area contributed by atoms with Crippen molar-refractivity contribution in [1.29, 1.82) is 0 Å². The molecule has 2 N–H and O–H groups in total. The Kier molecular flexibility index (Phi) is 6.00. The number of halogens is 2. The van der Waals surface area contributed by atoms with Crippen LogP contribution in [0.25, 0.3) is 0 Å². The highest BCUT2D eigenvalue weighted by atomic mass is 35.5. The highest BCUT2D eigenvalue weighted by Crippen LogP contribution is 2.35. The summed E-state index contributed by atoms with van der Waals surface area (Å²) in [6.07, 6.45) is 0.360. The van der Waals surface area contributed by atoms with Crippen molar-refractivity contribution in [3.63, 3.8) is 0 Å². The minimum absolute atomic E-state index is 0.00882. The van der Waals surface area contributed by atoms with E-state index >= 15 is 0 Å². The van der Waals surface area contributed by atoms with Crippen LogP contribution in [0, 0.1) is 5.82 Å². The van der Waals surface area contributed by atoms with Gasteiger partial charge in [-0.05, 0) is 45.7 Å². The number of alkyl carbamates (subject to hydrolysis) is 1. The Labute approximate surface area is 167 Å². The first-order valence-corrected chi connectivity index (χ1v) is 9.51. The molecular weight excluding hydrogens is 391 g/mol. The van der Waals surface area contributed by atoms with Gasteiger partial charge < -0.3 is 24.8 Å². The Morgan fingerprint density at radius 2 is 1.86 bits per heavy atom. The lowest BCUT2D eigenvalue weighted by Gasteiger charge is -2.27. The third-order valence-electron chi connectivity index (χ3n) is 4.53. The van der Waals surface area contributed by atoms with Gasteiger partial charge in [-0.1, -0.05) is 11.6 Å². The zero-order valence-electron chi connectivity index (χ0n) is 16.0. The van der Waals surface area contributed by atoms with Gasteiger partial charge in [-0.15, -0.1) is 0 Å². The number of rotatable bonds is 5. The largest absolute Gasteiger partial charge is 0.484 e. The first-order valence-electron chi connectivity index (χ1n) is 9.13. The van der Waals surface area contributed by atoms with Gasteiger partial charge in [0.05, 0.1) is 29.3 Å². The summed E-state index contributed by atoms with van der Waals surface area (Å²) in [7, 11) is 0. The van der Waals surface area contributed by atoms with Gasteiger partial charge in [-0.3, -0.25) is 4.79 Å². The van der Waals surface area contributed by atoms with E-state index in [1.165, 1.54) is 12.1 Å². The summed E-state index contributed by atoms with van der Waals surface area (Å²) in [5.74, 6) is -0.708. The second-order valence-electron chi connectivity index (χ2n) is 7.98. The molecule has 0 aromatic heterocycles. The van der Waals surface area contributed by atoms with Crippen molar-refractivity contribution in [2.24, 2.45) is 0 Å². The Bertz CT molecular complexity index is 754. The van der Waals surface area contributed by atoms with Crippen LogP contribution in [-0.2, 0) is 14.3 Å². The molecule has 0 unspecified atom stereocenters. The summed E-state index contributed by atoms with van der Waals surface area (Å²) in [5.41, 5.74) is -0.563. The van der Waals surface area contributed by atoms with Crippen LogP contribution >= 0.6 is 11.6 Å². The number of hydrogen-bond acceptors (Lipinski definition) is 5. The molecule has 0 saturated carbocycles. The van der Waals surface area contributed by atoms with Crippen LogP contribution in [0.2, 0.25) is 5.02 Å². The third-order valence-corrected chi connectivity index (χ3v) is 4.84. The maximum absolute atomic E-state index is 13.4. The maximum atomic E-state index is 13.4. The lowest BCUT2D eigenvalue weighted by atomic mass is 9.91. The predicted octanol–water partition coefficient (Wildman–Crippen LogP) is 2.80. The minimum atomic E-state index is -0.607. The number of amides is 2. The van der Waals surface area contributed by atoms with Gasteiger partial charge in [-0.2, -0.15) is 0 Å². The van der Waals surface area contributed by atoms with Gasteiger partial charge in [0.15, 0.2) is 6.61 Å². The normalized spacial score (nSPS) is 26.0. The molecular formula is C19H24ClFN2O5. The molecule has 2 bridgehead atoms. The maximum Gasteiger partial charge on any atom is 0.407 e. The molecule has 2 heterocycles. The van der Waals surface area contributed by atoms with Gasteiger partial charge in [0, 0.05) is 6.07 Å².